The Labute approximate surface area is 180 Å². The highest BCUT2D eigenvalue weighted by atomic mass is 32.2. The maximum Gasteiger partial charge on any atom is 0.246 e. The highest BCUT2D eigenvalue weighted by molar-refractivity contribution is 7.94. The van der Waals surface area contributed by atoms with E-state index in [-0.39, 0.29) is 41.6 Å². The summed E-state index contributed by atoms with van der Waals surface area (Å²) in [5, 5.41) is 0. The van der Waals surface area contributed by atoms with Crippen LogP contribution < -0.4 is 13.9 Å². The number of benzene rings is 1. The van der Waals surface area contributed by atoms with Crippen molar-refractivity contribution in [1.82, 2.24) is 14.3 Å². The smallest absolute Gasteiger partial charge is 0.246 e. The van der Waals surface area contributed by atoms with Gasteiger partial charge in [0.05, 0.1) is 18.6 Å². The van der Waals surface area contributed by atoms with Crippen molar-refractivity contribution in [3.63, 3.8) is 0 Å². The number of carbonyl (C=O) groups excluding carboxylic acids is 1. The van der Waals surface area contributed by atoms with E-state index < -0.39 is 26.0 Å². The van der Waals surface area contributed by atoms with Crippen molar-refractivity contribution < 1.29 is 26.4 Å². The van der Waals surface area contributed by atoms with Gasteiger partial charge in [-0.3, -0.25) is 4.79 Å². The van der Waals surface area contributed by atoms with Gasteiger partial charge in [-0.1, -0.05) is 0 Å². The van der Waals surface area contributed by atoms with Crippen LogP contribution in [0.4, 0.5) is 11.6 Å². The van der Waals surface area contributed by atoms with Gasteiger partial charge < -0.3 is 9.64 Å². The van der Waals surface area contributed by atoms with Gasteiger partial charge in [-0.2, -0.15) is 4.31 Å². The number of nitrogens with zero attached hydrogens (tertiary/aromatic N) is 5. The van der Waals surface area contributed by atoms with Crippen molar-refractivity contribution in [1.29, 1.82) is 0 Å². The minimum absolute atomic E-state index is 0.0156. The maximum atomic E-state index is 13.4. The second-order valence-electron chi connectivity index (χ2n) is 7.00. The summed E-state index contributed by atoms with van der Waals surface area (Å²) in [4.78, 5) is 22.2. The number of carbonyl (C=O) groups is 1. The average Bonchev–Trinajstić information content (AvgIpc) is 3.06. The Morgan fingerprint density at radius 3 is 2.32 bits per heavy atom. The Kier molecular flexibility index (Phi) is 5.58. The predicted molar refractivity (Wildman–Crippen MR) is 112 cm³/mol. The molecule has 3 heterocycles. The fourth-order valence-electron chi connectivity index (χ4n) is 3.58. The number of piperazine rings is 1. The van der Waals surface area contributed by atoms with Gasteiger partial charge in [0.15, 0.2) is 0 Å². The Hall–Kier alpha value is -2.77. The van der Waals surface area contributed by atoms with E-state index in [0.29, 0.717) is 23.3 Å². The van der Waals surface area contributed by atoms with Crippen LogP contribution in [0, 0.1) is 0 Å². The van der Waals surface area contributed by atoms with Gasteiger partial charge in [0, 0.05) is 45.0 Å². The molecule has 0 spiro atoms. The average molecular weight is 468 g/mol. The van der Waals surface area contributed by atoms with E-state index in [1.807, 2.05) is 4.90 Å². The van der Waals surface area contributed by atoms with E-state index in [1.54, 1.807) is 18.5 Å². The topological polar surface area (TPSA) is 130 Å². The number of methoxy groups -OCH3 is 1. The minimum Gasteiger partial charge on any atom is -0.495 e. The normalized spacial score (nSPS) is 19.6. The van der Waals surface area contributed by atoms with Crippen LogP contribution in [0.3, 0.4) is 0 Å². The summed E-state index contributed by atoms with van der Waals surface area (Å²) < 4.78 is 58.4. The summed E-state index contributed by atoms with van der Waals surface area (Å²) in [5.41, 5.74) is -0.0156. The third kappa shape index (κ3) is 3.95. The Bertz CT molecular complexity index is 1200. The molecule has 0 unspecified atom stereocenters. The van der Waals surface area contributed by atoms with Crippen molar-refractivity contribution in [2.24, 2.45) is 0 Å². The molecule has 31 heavy (non-hydrogen) atoms. The van der Waals surface area contributed by atoms with Crippen LogP contribution in [-0.4, -0.2) is 76.1 Å². The molecule has 2 aromatic rings. The standard InChI is InChI=1S/C18H21N5O6S2/c1-29-15-4-3-14(23-17(24)5-12-30(23,25)26)13-16(15)31(27,28)22-10-8-21(9-11-22)18-19-6-2-7-20-18/h2-4,6-7,13H,5,8-12H2,1H3. The summed E-state index contributed by atoms with van der Waals surface area (Å²) in [6.07, 6.45) is 3.10. The molecule has 0 atom stereocenters. The summed E-state index contributed by atoms with van der Waals surface area (Å²) in [6, 6.07) is 5.61. The van der Waals surface area contributed by atoms with E-state index in [2.05, 4.69) is 9.97 Å². The quantitative estimate of drug-likeness (QED) is 0.599. The molecule has 166 valence electrons. The number of rotatable bonds is 5. The summed E-state index contributed by atoms with van der Waals surface area (Å²) >= 11 is 0. The monoisotopic (exact) mass is 467 g/mol. The van der Waals surface area contributed by atoms with E-state index in [0.717, 1.165) is 0 Å². The number of sulfonamides is 2. The summed E-state index contributed by atoms with van der Waals surface area (Å²) in [7, 11) is -6.50. The first kappa shape index (κ1) is 21.5. The van der Waals surface area contributed by atoms with Crippen LogP contribution in [0.5, 0.6) is 5.75 Å². The van der Waals surface area contributed by atoms with Crippen molar-refractivity contribution in [2.75, 3.05) is 48.2 Å². The molecule has 2 aliphatic heterocycles. The molecule has 2 saturated heterocycles. The van der Waals surface area contributed by atoms with Gasteiger partial charge in [-0.25, -0.2) is 31.1 Å². The highest BCUT2D eigenvalue weighted by Crippen LogP contribution is 2.34. The fourth-order valence-corrected chi connectivity index (χ4v) is 6.63. The molecular weight excluding hydrogens is 446 g/mol. The lowest BCUT2D eigenvalue weighted by Crippen LogP contribution is -2.49. The second-order valence-corrected chi connectivity index (χ2v) is 10.8. The first-order valence-corrected chi connectivity index (χ1v) is 12.5. The molecule has 0 aliphatic carbocycles. The summed E-state index contributed by atoms with van der Waals surface area (Å²) in [5.74, 6) is -0.299. The molecule has 4 rings (SSSR count). The van der Waals surface area contributed by atoms with Gasteiger partial charge in [0.1, 0.15) is 10.6 Å². The van der Waals surface area contributed by atoms with Crippen LogP contribution in [0.1, 0.15) is 6.42 Å². The molecule has 0 saturated carbocycles. The van der Waals surface area contributed by atoms with Crippen LogP contribution in [0.2, 0.25) is 0 Å². The van der Waals surface area contributed by atoms with Gasteiger partial charge in [-0.05, 0) is 24.3 Å². The van der Waals surface area contributed by atoms with E-state index in [1.165, 1.54) is 29.6 Å². The van der Waals surface area contributed by atoms with Gasteiger partial charge >= 0.3 is 0 Å². The third-order valence-corrected chi connectivity index (χ3v) is 8.76. The lowest BCUT2D eigenvalue weighted by Gasteiger charge is -2.34. The lowest BCUT2D eigenvalue weighted by atomic mass is 10.3. The number of aromatic nitrogens is 2. The Morgan fingerprint density at radius 1 is 1.06 bits per heavy atom. The van der Waals surface area contributed by atoms with Crippen molar-refractivity contribution in [3.05, 3.63) is 36.7 Å². The molecule has 0 bridgehead atoms. The number of amides is 1. The SMILES string of the molecule is COc1ccc(N2C(=O)CCS2(=O)=O)cc1S(=O)(=O)N1CCN(c2ncccn2)CC1. The van der Waals surface area contributed by atoms with Crippen LogP contribution in [0.25, 0.3) is 0 Å². The molecule has 2 aliphatic rings. The van der Waals surface area contributed by atoms with Gasteiger partial charge in [0.25, 0.3) is 0 Å². The predicted octanol–water partition coefficient (Wildman–Crippen LogP) is 0.0626. The fraction of sp³-hybridized carbons (Fsp3) is 0.389. The van der Waals surface area contributed by atoms with E-state index in [9.17, 15) is 21.6 Å². The third-order valence-electron chi connectivity index (χ3n) is 5.15. The molecule has 2 fully saturated rings. The Balaban J connectivity index is 1.63. The lowest BCUT2D eigenvalue weighted by molar-refractivity contribution is -0.116. The molecular formula is C18H21N5O6S2. The minimum atomic E-state index is -4.01. The van der Waals surface area contributed by atoms with Crippen LogP contribution in [0.15, 0.2) is 41.6 Å². The zero-order valence-corrected chi connectivity index (χ0v) is 18.3. The Morgan fingerprint density at radius 2 is 1.74 bits per heavy atom. The molecule has 0 N–H and O–H groups in total. The number of ether oxygens (including phenoxy) is 1. The highest BCUT2D eigenvalue weighted by Gasteiger charge is 2.38. The van der Waals surface area contributed by atoms with E-state index >= 15 is 0 Å². The first-order valence-electron chi connectivity index (χ1n) is 9.50. The number of hydrogen-bond acceptors (Lipinski definition) is 9. The molecule has 1 aromatic heterocycles. The largest absolute Gasteiger partial charge is 0.495 e. The van der Waals surface area contributed by atoms with Gasteiger partial charge in [0.2, 0.25) is 31.9 Å². The zero-order chi connectivity index (χ0) is 22.2. The maximum absolute atomic E-state index is 13.4. The van der Waals surface area contributed by atoms with Crippen molar-refractivity contribution in [3.8, 4) is 5.75 Å². The molecule has 1 aromatic carbocycles. The summed E-state index contributed by atoms with van der Waals surface area (Å²) in [6.45, 7) is 1.16. The molecule has 11 nitrogen and oxygen atoms in total. The van der Waals surface area contributed by atoms with E-state index in [4.69, 9.17) is 4.74 Å². The molecule has 0 radical (unpaired) electrons. The van der Waals surface area contributed by atoms with Gasteiger partial charge in [-0.15, -0.1) is 0 Å². The van der Waals surface area contributed by atoms with Crippen molar-refractivity contribution >= 4 is 37.6 Å². The van der Waals surface area contributed by atoms with Crippen LogP contribution >= 0.6 is 0 Å². The first-order chi connectivity index (χ1) is 14.7. The number of hydrogen-bond donors (Lipinski definition) is 0. The second kappa shape index (κ2) is 8.05. The molecule has 13 heteroatoms. The number of anilines is 2. The zero-order valence-electron chi connectivity index (χ0n) is 16.7. The van der Waals surface area contributed by atoms with Crippen molar-refractivity contribution in [2.45, 2.75) is 11.3 Å². The van der Waals surface area contributed by atoms with Crippen LogP contribution in [-0.2, 0) is 24.8 Å². The molecule has 1 amide bonds.